The van der Waals surface area contributed by atoms with Crippen LogP contribution in [-0.4, -0.2) is 68.0 Å². The molecular weight excluding hydrogens is 541 g/mol. The lowest BCUT2D eigenvalue weighted by Crippen LogP contribution is -2.79. The van der Waals surface area contributed by atoms with Crippen LogP contribution < -0.4 is 0 Å². The molecule has 0 aromatic carbocycles. The maximum atomic E-state index is 12.0. The Kier molecular flexibility index (Phi) is 8.79. The zero-order valence-electron chi connectivity index (χ0n) is 24.3. The Morgan fingerprint density at radius 1 is 0.486 bits per heavy atom. The van der Waals surface area contributed by atoms with Crippen LogP contribution in [-0.2, 0) is 20.6 Å². The van der Waals surface area contributed by atoms with E-state index in [1.807, 2.05) is 0 Å². The third-order valence-corrected chi connectivity index (χ3v) is 26.6. The van der Waals surface area contributed by atoms with E-state index in [9.17, 15) is 24.0 Å². The largest absolute Gasteiger partial charge is 0.493 e. The van der Waals surface area contributed by atoms with Crippen molar-refractivity contribution in [2.75, 3.05) is 0 Å². The first kappa shape index (κ1) is 33.7. The molecule has 15 heteroatoms. The summed E-state index contributed by atoms with van der Waals surface area (Å²) in [4.78, 5) is 58.2. The fourth-order valence-corrected chi connectivity index (χ4v) is 25.5. The Bertz CT molecular complexity index is 744. The van der Waals surface area contributed by atoms with Crippen molar-refractivity contribution in [3.63, 3.8) is 0 Å². The van der Waals surface area contributed by atoms with Crippen LogP contribution in [0, 0.1) is 0 Å². The smallest absolute Gasteiger partial charge is 0.390 e. The van der Waals surface area contributed by atoms with E-state index in [2.05, 4.69) is 0 Å². The minimum Gasteiger partial charge on any atom is -0.390 e. The van der Waals surface area contributed by atoms with E-state index < -0.39 is 69.2 Å². The molecule has 0 bridgehead atoms. The zero-order valence-corrected chi connectivity index (χ0v) is 29.3. The van der Waals surface area contributed by atoms with Gasteiger partial charge in [-0.15, -0.1) is 0 Å². The summed E-state index contributed by atoms with van der Waals surface area (Å²) in [6.07, 6.45) is 0. The van der Waals surface area contributed by atoms with Gasteiger partial charge in [-0.2, -0.15) is 0 Å². The summed E-state index contributed by atoms with van der Waals surface area (Å²) in [7, 11) is -22.4. The minimum atomic E-state index is -4.56. The lowest BCUT2D eigenvalue weighted by molar-refractivity contribution is 0.0218. The predicted molar refractivity (Wildman–Crippen MR) is 144 cm³/mol. The first-order valence-electron chi connectivity index (χ1n) is 11.9. The lowest BCUT2D eigenvalue weighted by atomic mass is 10.3. The topological polar surface area (TPSA) is 147 Å². The molecule has 35 heavy (non-hydrogen) atoms. The molecule has 210 valence electrons. The molecule has 0 saturated carbocycles. The number of hydrogen-bond donors (Lipinski definition) is 5. The van der Waals surface area contributed by atoms with Crippen LogP contribution in [0.3, 0.4) is 0 Å². The number of rotatable bonds is 2. The van der Waals surface area contributed by atoms with Gasteiger partial charge >= 0.3 is 44.0 Å². The molecule has 1 saturated heterocycles. The van der Waals surface area contributed by atoms with Crippen molar-refractivity contribution in [2.24, 2.45) is 0 Å². The Balaban J connectivity index is 4.11. The molecule has 0 aromatic rings. The summed E-state index contributed by atoms with van der Waals surface area (Å²) >= 11 is 0. The summed E-state index contributed by atoms with van der Waals surface area (Å²) in [5.41, 5.74) is 0. The first-order chi connectivity index (χ1) is 14.8. The molecule has 0 aliphatic carbocycles. The van der Waals surface area contributed by atoms with Crippen molar-refractivity contribution in [1.82, 2.24) is 0 Å². The minimum absolute atomic E-state index is 1.01. The molecule has 1 rings (SSSR count). The van der Waals surface area contributed by atoms with Gasteiger partial charge in [-0.05, 0) is 0 Å². The van der Waals surface area contributed by atoms with Gasteiger partial charge < -0.3 is 44.6 Å². The van der Waals surface area contributed by atoms with E-state index in [-0.39, 0.29) is 0 Å². The van der Waals surface area contributed by atoms with Gasteiger partial charge in [0.05, 0.1) is 0 Å². The second-order valence-corrected chi connectivity index (χ2v) is 32.1. The average Bonchev–Trinajstić information content (AvgIpc) is 2.46. The SMILES string of the molecule is CC(C)(C)[Si](O)(O)O[Si]1(C(C)(C)C)O[Si](O)(C(C)(C)C)O[Si](O)(C(C)(C)C)O[Si](O)(C(C)(C)C)O1. The first-order valence-corrected chi connectivity index (χ1v) is 20.7. The summed E-state index contributed by atoms with van der Waals surface area (Å²) in [5, 5.41) is -5.26. The van der Waals surface area contributed by atoms with Crippen molar-refractivity contribution in [1.29, 1.82) is 0 Å². The maximum Gasteiger partial charge on any atom is 0.493 e. The van der Waals surface area contributed by atoms with Crippen LogP contribution in [0.5, 0.6) is 0 Å². The standard InChI is InChI=1S/C20H50O10Si5/c1-16(2,3)31(21,22)26-35(20(13,14)15)29-33(24,18(7,8)9)27-32(23,17(4,5)6)28-34(25,30-35)19(10,11)12/h21-25H,1-15H3. The normalized spacial score (nSPS) is 35.0. The van der Waals surface area contributed by atoms with Crippen molar-refractivity contribution in [3.8, 4) is 0 Å². The predicted octanol–water partition coefficient (Wildman–Crippen LogP) is 3.74. The molecule has 10 nitrogen and oxygen atoms in total. The highest BCUT2D eigenvalue weighted by molar-refractivity contribution is 6.92. The van der Waals surface area contributed by atoms with Crippen LogP contribution in [0.2, 0.25) is 25.2 Å². The summed E-state index contributed by atoms with van der Waals surface area (Å²) < 4.78 is 31.4. The van der Waals surface area contributed by atoms with Gasteiger partial charge in [0.25, 0.3) is 0 Å². The van der Waals surface area contributed by atoms with Crippen molar-refractivity contribution < 1.29 is 44.6 Å². The highest BCUT2D eigenvalue weighted by Gasteiger charge is 2.76. The second kappa shape index (κ2) is 9.12. The van der Waals surface area contributed by atoms with Gasteiger partial charge in [-0.1, -0.05) is 104 Å². The average molecular weight is 591 g/mol. The summed E-state index contributed by atoms with van der Waals surface area (Å²) in [5.74, 6) is 0. The van der Waals surface area contributed by atoms with Crippen molar-refractivity contribution in [3.05, 3.63) is 0 Å². The van der Waals surface area contributed by atoms with Gasteiger partial charge in [0.2, 0.25) is 0 Å². The van der Waals surface area contributed by atoms with Crippen LogP contribution in [0.4, 0.5) is 0 Å². The lowest BCUT2D eigenvalue weighted by Gasteiger charge is -2.57. The van der Waals surface area contributed by atoms with E-state index in [0.29, 0.717) is 0 Å². The van der Waals surface area contributed by atoms with Crippen LogP contribution in [0.1, 0.15) is 104 Å². The molecule has 2 atom stereocenters. The van der Waals surface area contributed by atoms with Crippen molar-refractivity contribution >= 4 is 44.0 Å². The molecule has 1 aliphatic heterocycles. The van der Waals surface area contributed by atoms with E-state index in [1.54, 1.807) is 104 Å². The van der Waals surface area contributed by atoms with Gasteiger partial charge in [0.15, 0.2) is 0 Å². The van der Waals surface area contributed by atoms with E-state index in [0.717, 1.165) is 0 Å². The molecule has 5 N–H and O–H groups in total. The van der Waals surface area contributed by atoms with Crippen LogP contribution in [0.15, 0.2) is 0 Å². The second-order valence-electron chi connectivity index (χ2n) is 14.7. The van der Waals surface area contributed by atoms with E-state index >= 15 is 0 Å². The zero-order chi connectivity index (χ0) is 28.5. The maximum absolute atomic E-state index is 12.0. The highest BCUT2D eigenvalue weighted by Crippen LogP contribution is 2.55. The van der Waals surface area contributed by atoms with Gasteiger partial charge in [-0.25, -0.2) is 0 Å². The Morgan fingerprint density at radius 3 is 0.943 bits per heavy atom. The molecule has 1 heterocycles. The molecule has 0 spiro atoms. The van der Waals surface area contributed by atoms with Gasteiger partial charge in [0.1, 0.15) is 0 Å². The third kappa shape index (κ3) is 6.47. The van der Waals surface area contributed by atoms with Crippen LogP contribution in [0.25, 0.3) is 0 Å². The quantitative estimate of drug-likeness (QED) is 0.301. The number of hydrogen-bond acceptors (Lipinski definition) is 10. The molecule has 0 aromatic heterocycles. The van der Waals surface area contributed by atoms with E-state index in [1.165, 1.54) is 0 Å². The Labute approximate surface area is 217 Å². The van der Waals surface area contributed by atoms with Crippen LogP contribution >= 0.6 is 0 Å². The fraction of sp³-hybridized carbons (Fsp3) is 1.00. The molecule has 0 amide bonds. The molecule has 2 unspecified atom stereocenters. The molecule has 1 fully saturated rings. The fourth-order valence-electron chi connectivity index (χ4n) is 2.58. The Hall–Kier alpha value is 0.684. The van der Waals surface area contributed by atoms with Gasteiger partial charge in [0, 0.05) is 25.2 Å². The molecular formula is C20H50O10Si5. The van der Waals surface area contributed by atoms with Crippen molar-refractivity contribution in [2.45, 2.75) is 129 Å². The monoisotopic (exact) mass is 590 g/mol. The summed E-state index contributed by atoms with van der Waals surface area (Å²) in [6, 6.07) is 0. The molecule has 0 radical (unpaired) electrons. The summed E-state index contributed by atoms with van der Waals surface area (Å²) in [6.45, 7) is 25.3. The van der Waals surface area contributed by atoms with E-state index in [4.69, 9.17) is 20.6 Å². The molecule has 1 aliphatic rings. The van der Waals surface area contributed by atoms with Gasteiger partial charge in [-0.3, -0.25) is 0 Å². The highest BCUT2D eigenvalue weighted by atomic mass is 28.6. The third-order valence-electron chi connectivity index (χ3n) is 6.11. The Morgan fingerprint density at radius 2 is 0.743 bits per heavy atom.